The van der Waals surface area contributed by atoms with Crippen molar-refractivity contribution in [3.8, 4) is 11.6 Å². The summed E-state index contributed by atoms with van der Waals surface area (Å²) in [6.07, 6.45) is 0. The van der Waals surface area contributed by atoms with Gasteiger partial charge in [0, 0.05) is 10.9 Å². The first-order valence-electron chi connectivity index (χ1n) is 7.34. The minimum absolute atomic E-state index is 0.0849. The van der Waals surface area contributed by atoms with Crippen LogP contribution in [0, 0.1) is 18.8 Å². The smallest absolute Gasteiger partial charge is 0.222 e. The highest BCUT2D eigenvalue weighted by molar-refractivity contribution is 5.97. The lowest BCUT2D eigenvalue weighted by atomic mass is 10.1. The van der Waals surface area contributed by atoms with Crippen LogP contribution < -0.4 is 4.74 Å². The molecule has 0 amide bonds. The molecule has 0 radical (unpaired) electrons. The lowest BCUT2D eigenvalue weighted by molar-refractivity contribution is 0.403. The zero-order valence-corrected chi connectivity index (χ0v) is 13.3. The van der Waals surface area contributed by atoms with Crippen molar-refractivity contribution in [1.29, 1.82) is 0 Å². The molecule has 0 aliphatic carbocycles. The minimum Gasteiger partial charge on any atom is -0.496 e. The van der Waals surface area contributed by atoms with Crippen LogP contribution in [0.2, 0.25) is 0 Å². The van der Waals surface area contributed by atoms with E-state index in [1.807, 2.05) is 50.2 Å². The number of nitroso groups, excluding NO2 is 1. The van der Waals surface area contributed by atoms with Gasteiger partial charge in [0.15, 0.2) is 5.69 Å². The van der Waals surface area contributed by atoms with Crippen LogP contribution in [0.5, 0.6) is 11.6 Å². The van der Waals surface area contributed by atoms with Gasteiger partial charge >= 0.3 is 0 Å². The van der Waals surface area contributed by atoms with Crippen LogP contribution in [-0.2, 0) is 6.54 Å². The van der Waals surface area contributed by atoms with Crippen LogP contribution in [0.25, 0.3) is 10.9 Å². The summed E-state index contributed by atoms with van der Waals surface area (Å²) in [7, 11) is 1.61. The van der Waals surface area contributed by atoms with E-state index in [0.29, 0.717) is 11.9 Å². The Bertz CT molecular complexity index is 897. The van der Waals surface area contributed by atoms with Gasteiger partial charge in [-0.2, -0.15) is 0 Å². The third-order valence-electron chi connectivity index (χ3n) is 4.05. The van der Waals surface area contributed by atoms with Gasteiger partial charge in [-0.05, 0) is 36.7 Å². The predicted octanol–water partition coefficient (Wildman–Crippen LogP) is 4.42. The van der Waals surface area contributed by atoms with Gasteiger partial charge < -0.3 is 14.4 Å². The molecule has 5 nitrogen and oxygen atoms in total. The zero-order valence-electron chi connectivity index (χ0n) is 13.3. The second kappa shape index (κ2) is 5.76. The molecule has 1 heterocycles. The molecule has 23 heavy (non-hydrogen) atoms. The fourth-order valence-corrected chi connectivity index (χ4v) is 3.10. The molecule has 0 saturated carbocycles. The summed E-state index contributed by atoms with van der Waals surface area (Å²) in [5, 5.41) is 14.2. The molecule has 3 aromatic rings. The molecule has 118 valence electrons. The van der Waals surface area contributed by atoms with Gasteiger partial charge in [0.05, 0.1) is 19.2 Å². The van der Waals surface area contributed by atoms with Crippen molar-refractivity contribution in [3.05, 3.63) is 58.0 Å². The molecular weight excluding hydrogens is 292 g/mol. The van der Waals surface area contributed by atoms with Crippen LogP contribution in [0.15, 0.2) is 41.6 Å². The van der Waals surface area contributed by atoms with Crippen molar-refractivity contribution < 1.29 is 9.84 Å². The molecule has 5 heteroatoms. The van der Waals surface area contributed by atoms with E-state index in [4.69, 9.17) is 4.74 Å². The van der Waals surface area contributed by atoms with Crippen molar-refractivity contribution in [3.63, 3.8) is 0 Å². The Labute approximate surface area is 134 Å². The first-order valence-corrected chi connectivity index (χ1v) is 7.34. The van der Waals surface area contributed by atoms with Gasteiger partial charge in [-0.3, -0.25) is 0 Å². The van der Waals surface area contributed by atoms with E-state index in [-0.39, 0.29) is 11.6 Å². The number of aromatic hydroxyl groups is 1. The molecule has 0 aliphatic heterocycles. The number of ether oxygens (including phenoxy) is 1. The Balaban J connectivity index is 2.25. The van der Waals surface area contributed by atoms with Crippen LogP contribution in [0.4, 0.5) is 5.69 Å². The number of methoxy groups -OCH3 is 1. The molecule has 0 unspecified atom stereocenters. The quantitative estimate of drug-likeness (QED) is 0.726. The van der Waals surface area contributed by atoms with Crippen LogP contribution in [0.1, 0.15) is 16.7 Å². The number of nitrogens with zero attached hydrogens (tertiary/aromatic N) is 2. The zero-order chi connectivity index (χ0) is 16.6. The summed E-state index contributed by atoms with van der Waals surface area (Å²) in [6.45, 7) is 4.31. The molecule has 3 rings (SSSR count). The maximum absolute atomic E-state index is 11.2. The summed E-state index contributed by atoms with van der Waals surface area (Å²) in [6, 6.07) is 11.5. The first-order chi connectivity index (χ1) is 11.1. The van der Waals surface area contributed by atoms with Crippen molar-refractivity contribution in [1.82, 2.24) is 4.57 Å². The number of aryl methyl sites for hydroxylation is 2. The van der Waals surface area contributed by atoms with Crippen molar-refractivity contribution in [2.24, 2.45) is 5.18 Å². The summed E-state index contributed by atoms with van der Waals surface area (Å²) in [5.41, 5.74) is 3.82. The topological polar surface area (TPSA) is 63.8 Å². The minimum atomic E-state index is -0.116. The molecule has 1 N–H and O–H groups in total. The molecule has 0 atom stereocenters. The Morgan fingerprint density at radius 3 is 2.65 bits per heavy atom. The fraction of sp³-hybridized carbons (Fsp3) is 0.222. The Kier molecular flexibility index (Phi) is 3.78. The largest absolute Gasteiger partial charge is 0.496 e. The number of hydrogen-bond donors (Lipinski definition) is 1. The van der Waals surface area contributed by atoms with E-state index >= 15 is 0 Å². The number of fused-ring (bicyclic) bond motifs is 1. The highest BCUT2D eigenvalue weighted by atomic mass is 16.5. The average Bonchev–Trinajstić information content (AvgIpc) is 2.79. The standard InChI is InChI=1S/C18H18N2O3/c1-11-8-12(2)17-14(9-11)16(19-22)18(21)20(17)10-13-6-4-5-7-15(13)23-3/h4-9,21H,10H2,1-3H3. The molecule has 0 saturated heterocycles. The third-order valence-corrected chi connectivity index (χ3v) is 4.05. The first kappa shape index (κ1) is 15.1. The molecule has 0 fully saturated rings. The van der Waals surface area contributed by atoms with Gasteiger partial charge in [-0.15, -0.1) is 4.91 Å². The van der Waals surface area contributed by atoms with E-state index in [2.05, 4.69) is 5.18 Å². The van der Waals surface area contributed by atoms with Gasteiger partial charge in [-0.1, -0.05) is 29.8 Å². The van der Waals surface area contributed by atoms with E-state index in [1.165, 1.54) is 0 Å². The predicted molar refractivity (Wildman–Crippen MR) is 90.6 cm³/mol. The average molecular weight is 310 g/mol. The Morgan fingerprint density at radius 1 is 1.22 bits per heavy atom. The van der Waals surface area contributed by atoms with Gasteiger partial charge in [-0.25, -0.2) is 0 Å². The molecule has 0 aliphatic rings. The van der Waals surface area contributed by atoms with Gasteiger partial charge in [0.1, 0.15) is 5.75 Å². The van der Waals surface area contributed by atoms with Crippen molar-refractivity contribution in [2.45, 2.75) is 20.4 Å². The fourth-order valence-electron chi connectivity index (χ4n) is 3.10. The van der Waals surface area contributed by atoms with Crippen LogP contribution in [-0.4, -0.2) is 16.8 Å². The normalized spacial score (nSPS) is 10.9. The third kappa shape index (κ3) is 2.44. The highest BCUT2D eigenvalue weighted by Gasteiger charge is 2.20. The van der Waals surface area contributed by atoms with Crippen LogP contribution >= 0.6 is 0 Å². The SMILES string of the molecule is COc1ccccc1Cn1c(O)c(N=O)c2cc(C)cc(C)c21. The Hall–Kier alpha value is -2.82. The number of hydrogen-bond acceptors (Lipinski definition) is 4. The van der Waals surface area contributed by atoms with Gasteiger partial charge in [0.25, 0.3) is 0 Å². The maximum atomic E-state index is 11.2. The molecule has 2 aromatic carbocycles. The maximum Gasteiger partial charge on any atom is 0.222 e. The number of benzene rings is 2. The molecular formula is C18H18N2O3. The van der Waals surface area contributed by atoms with Crippen molar-refractivity contribution in [2.75, 3.05) is 7.11 Å². The van der Waals surface area contributed by atoms with E-state index < -0.39 is 0 Å². The lowest BCUT2D eigenvalue weighted by Gasteiger charge is -2.12. The second-order valence-corrected chi connectivity index (χ2v) is 5.64. The summed E-state index contributed by atoms with van der Waals surface area (Å²) >= 11 is 0. The van der Waals surface area contributed by atoms with E-state index in [0.717, 1.165) is 28.0 Å². The Morgan fingerprint density at radius 2 is 1.96 bits per heavy atom. The summed E-state index contributed by atoms with van der Waals surface area (Å²) < 4.78 is 7.08. The molecule has 0 spiro atoms. The second-order valence-electron chi connectivity index (χ2n) is 5.64. The number of para-hydroxylation sites is 1. The molecule has 1 aromatic heterocycles. The van der Waals surface area contributed by atoms with Crippen LogP contribution in [0.3, 0.4) is 0 Å². The monoisotopic (exact) mass is 310 g/mol. The van der Waals surface area contributed by atoms with Gasteiger partial charge in [0.2, 0.25) is 5.88 Å². The lowest BCUT2D eigenvalue weighted by Crippen LogP contribution is -2.02. The molecule has 0 bridgehead atoms. The van der Waals surface area contributed by atoms with E-state index in [1.54, 1.807) is 11.7 Å². The summed E-state index contributed by atoms with van der Waals surface area (Å²) in [4.78, 5) is 11.2. The highest BCUT2D eigenvalue weighted by Crippen LogP contribution is 2.41. The number of aromatic nitrogens is 1. The number of rotatable bonds is 4. The van der Waals surface area contributed by atoms with Crippen molar-refractivity contribution >= 4 is 16.6 Å². The summed E-state index contributed by atoms with van der Waals surface area (Å²) in [5.74, 6) is 0.619. The van der Waals surface area contributed by atoms with E-state index in [9.17, 15) is 10.0 Å².